The molecule has 0 radical (unpaired) electrons. The number of aliphatic hydroxyl groups is 1. The summed E-state index contributed by atoms with van der Waals surface area (Å²) in [6.07, 6.45) is 5.52. The van der Waals surface area contributed by atoms with E-state index in [1.54, 1.807) is 0 Å². The fourth-order valence-electron chi connectivity index (χ4n) is 3.06. The molecular formula is C14H28N2O. The van der Waals surface area contributed by atoms with Gasteiger partial charge in [0.2, 0.25) is 0 Å². The van der Waals surface area contributed by atoms with Gasteiger partial charge >= 0.3 is 0 Å². The molecule has 3 nitrogen and oxygen atoms in total. The Labute approximate surface area is 106 Å². The first-order chi connectivity index (χ1) is 8.16. The van der Waals surface area contributed by atoms with E-state index in [4.69, 9.17) is 0 Å². The SMILES string of the molecule is CC(C)C(O)CN1CCN(C2CCCC2)CC1. The Hall–Kier alpha value is -0.120. The average Bonchev–Trinajstić information content (AvgIpc) is 2.83. The molecule has 1 saturated carbocycles. The first kappa shape index (κ1) is 13.3. The van der Waals surface area contributed by atoms with Crippen molar-refractivity contribution < 1.29 is 5.11 Å². The van der Waals surface area contributed by atoms with E-state index < -0.39 is 0 Å². The van der Waals surface area contributed by atoms with Crippen molar-refractivity contribution in [3.05, 3.63) is 0 Å². The Bertz CT molecular complexity index is 218. The van der Waals surface area contributed by atoms with Crippen LogP contribution in [-0.4, -0.2) is 59.8 Å². The van der Waals surface area contributed by atoms with E-state index in [-0.39, 0.29) is 6.10 Å². The van der Waals surface area contributed by atoms with E-state index in [1.165, 1.54) is 38.8 Å². The minimum atomic E-state index is -0.159. The standard InChI is InChI=1S/C14H28N2O/c1-12(2)14(17)11-15-7-9-16(10-8-15)13-5-3-4-6-13/h12-14,17H,3-11H2,1-2H3. The van der Waals surface area contributed by atoms with Gasteiger partial charge in [0.05, 0.1) is 6.10 Å². The molecule has 0 aromatic rings. The van der Waals surface area contributed by atoms with Crippen LogP contribution in [0, 0.1) is 5.92 Å². The van der Waals surface area contributed by atoms with Crippen molar-refractivity contribution in [2.24, 2.45) is 5.92 Å². The second-order valence-corrected chi connectivity index (χ2v) is 6.09. The van der Waals surface area contributed by atoms with Gasteiger partial charge in [0, 0.05) is 38.8 Å². The van der Waals surface area contributed by atoms with Crippen LogP contribution in [0.2, 0.25) is 0 Å². The Morgan fingerprint density at radius 1 is 1.06 bits per heavy atom. The minimum absolute atomic E-state index is 0.159. The summed E-state index contributed by atoms with van der Waals surface area (Å²) in [7, 11) is 0. The van der Waals surface area contributed by atoms with Crippen LogP contribution in [0.1, 0.15) is 39.5 Å². The molecule has 0 aromatic heterocycles. The molecule has 2 rings (SSSR count). The largest absolute Gasteiger partial charge is 0.392 e. The molecule has 1 aliphatic carbocycles. The molecule has 1 atom stereocenters. The highest BCUT2D eigenvalue weighted by Crippen LogP contribution is 2.24. The van der Waals surface area contributed by atoms with E-state index in [0.717, 1.165) is 25.7 Å². The van der Waals surface area contributed by atoms with E-state index >= 15 is 0 Å². The molecule has 1 unspecified atom stereocenters. The predicted octanol–water partition coefficient (Wildman–Crippen LogP) is 1.56. The zero-order chi connectivity index (χ0) is 12.3. The normalized spacial score (nSPS) is 26.8. The van der Waals surface area contributed by atoms with Gasteiger partial charge < -0.3 is 5.11 Å². The monoisotopic (exact) mass is 240 g/mol. The van der Waals surface area contributed by atoms with Gasteiger partial charge in [0.1, 0.15) is 0 Å². The fraction of sp³-hybridized carbons (Fsp3) is 1.00. The van der Waals surface area contributed by atoms with Gasteiger partial charge in [-0.1, -0.05) is 26.7 Å². The Kier molecular flexibility index (Phi) is 4.83. The summed E-state index contributed by atoms with van der Waals surface area (Å²) in [6, 6.07) is 0.868. The van der Waals surface area contributed by atoms with Crippen molar-refractivity contribution >= 4 is 0 Å². The van der Waals surface area contributed by atoms with Crippen molar-refractivity contribution in [2.75, 3.05) is 32.7 Å². The lowest BCUT2D eigenvalue weighted by Gasteiger charge is -2.39. The number of rotatable bonds is 4. The number of piperazine rings is 1. The van der Waals surface area contributed by atoms with E-state index in [9.17, 15) is 5.11 Å². The van der Waals surface area contributed by atoms with Gasteiger partial charge in [-0.3, -0.25) is 9.80 Å². The van der Waals surface area contributed by atoms with Crippen molar-refractivity contribution in [1.29, 1.82) is 0 Å². The summed E-state index contributed by atoms with van der Waals surface area (Å²) in [5.41, 5.74) is 0. The zero-order valence-corrected chi connectivity index (χ0v) is 11.4. The fourth-order valence-corrected chi connectivity index (χ4v) is 3.06. The van der Waals surface area contributed by atoms with Crippen molar-refractivity contribution in [2.45, 2.75) is 51.7 Å². The van der Waals surface area contributed by atoms with Gasteiger partial charge in [0.15, 0.2) is 0 Å². The van der Waals surface area contributed by atoms with Crippen LogP contribution in [0.3, 0.4) is 0 Å². The maximum absolute atomic E-state index is 9.90. The predicted molar refractivity (Wildman–Crippen MR) is 71.1 cm³/mol. The van der Waals surface area contributed by atoms with Crippen LogP contribution in [0.25, 0.3) is 0 Å². The quantitative estimate of drug-likeness (QED) is 0.808. The van der Waals surface area contributed by atoms with Crippen molar-refractivity contribution in [3.8, 4) is 0 Å². The molecule has 3 heteroatoms. The molecule has 100 valence electrons. The van der Waals surface area contributed by atoms with Gasteiger partial charge in [-0.15, -0.1) is 0 Å². The molecule has 2 fully saturated rings. The third kappa shape index (κ3) is 3.67. The summed E-state index contributed by atoms with van der Waals surface area (Å²) < 4.78 is 0. The maximum atomic E-state index is 9.90. The summed E-state index contributed by atoms with van der Waals surface area (Å²) in [5.74, 6) is 0.378. The topological polar surface area (TPSA) is 26.7 Å². The second kappa shape index (κ2) is 6.17. The zero-order valence-electron chi connectivity index (χ0n) is 11.4. The van der Waals surface area contributed by atoms with E-state index in [0.29, 0.717) is 5.92 Å². The number of hydrogen-bond donors (Lipinski definition) is 1. The van der Waals surface area contributed by atoms with Crippen LogP contribution in [0.4, 0.5) is 0 Å². The van der Waals surface area contributed by atoms with Crippen LogP contribution < -0.4 is 0 Å². The van der Waals surface area contributed by atoms with Crippen molar-refractivity contribution in [1.82, 2.24) is 9.80 Å². The van der Waals surface area contributed by atoms with Gasteiger partial charge in [-0.05, 0) is 18.8 Å². The first-order valence-electron chi connectivity index (χ1n) is 7.31. The third-order valence-corrected chi connectivity index (χ3v) is 4.46. The molecule has 1 N–H and O–H groups in total. The maximum Gasteiger partial charge on any atom is 0.0689 e. The number of aliphatic hydroxyl groups excluding tert-OH is 1. The molecule has 0 aromatic carbocycles. The van der Waals surface area contributed by atoms with Gasteiger partial charge in [-0.2, -0.15) is 0 Å². The molecule has 1 aliphatic heterocycles. The Morgan fingerprint density at radius 2 is 1.65 bits per heavy atom. The lowest BCUT2D eigenvalue weighted by atomic mass is 10.1. The Morgan fingerprint density at radius 3 is 2.18 bits per heavy atom. The molecule has 0 spiro atoms. The first-order valence-corrected chi connectivity index (χ1v) is 7.31. The molecule has 0 bridgehead atoms. The van der Waals surface area contributed by atoms with Crippen LogP contribution in [-0.2, 0) is 0 Å². The van der Waals surface area contributed by atoms with E-state index in [2.05, 4.69) is 23.6 Å². The summed E-state index contributed by atoms with van der Waals surface area (Å²) >= 11 is 0. The molecule has 1 heterocycles. The lowest BCUT2D eigenvalue weighted by molar-refractivity contribution is 0.0395. The number of nitrogens with zero attached hydrogens (tertiary/aromatic N) is 2. The van der Waals surface area contributed by atoms with Crippen LogP contribution >= 0.6 is 0 Å². The van der Waals surface area contributed by atoms with Gasteiger partial charge in [0.25, 0.3) is 0 Å². The highest BCUT2D eigenvalue weighted by atomic mass is 16.3. The smallest absolute Gasteiger partial charge is 0.0689 e. The minimum Gasteiger partial charge on any atom is -0.392 e. The summed E-state index contributed by atoms with van der Waals surface area (Å²) in [5, 5.41) is 9.90. The summed E-state index contributed by atoms with van der Waals surface area (Å²) in [4.78, 5) is 5.10. The van der Waals surface area contributed by atoms with E-state index in [1.807, 2.05) is 0 Å². The number of β-amino-alcohol motifs (C(OH)–C–C–N with tert-alkyl or cyclic N) is 1. The second-order valence-electron chi connectivity index (χ2n) is 6.09. The average molecular weight is 240 g/mol. The molecular weight excluding hydrogens is 212 g/mol. The molecule has 1 saturated heterocycles. The Balaban J connectivity index is 1.70. The highest BCUT2D eigenvalue weighted by Gasteiger charge is 2.26. The molecule has 17 heavy (non-hydrogen) atoms. The number of hydrogen-bond acceptors (Lipinski definition) is 3. The molecule has 2 aliphatic rings. The van der Waals surface area contributed by atoms with Gasteiger partial charge in [-0.25, -0.2) is 0 Å². The molecule has 0 amide bonds. The van der Waals surface area contributed by atoms with Crippen LogP contribution in [0.15, 0.2) is 0 Å². The summed E-state index contributed by atoms with van der Waals surface area (Å²) in [6.45, 7) is 9.74. The van der Waals surface area contributed by atoms with Crippen LogP contribution in [0.5, 0.6) is 0 Å². The lowest BCUT2D eigenvalue weighted by Crippen LogP contribution is -2.51. The highest BCUT2D eigenvalue weighted by molar-refractivity contribution is 4.82. The third-order valence-electron chi connectivity index (χ3n) is 4.46. The van der Waals surface area contributed by atoms with Crippen molar-refractivity contribution in [3.63, 3.8) is 0 Å².